The van der Waals surface area contributed by atoms with Crippen LogP contribution < -0.4 is 0 Å². The Morgan fingerprint density at radius 2 is 2.36 bits per heavy atom. The lowest BCUT2D eigenvalue weighted by Gasteiger charge is -1.94. The molecule has 0 atom stereocenters. The number of fused-ring (bicyclic) bond motifs is 1. The molecule has 0 unspecified atom stereocenters. The van der Waals surface area contributed by atoms with Crippen LogP contribution in [-0.4, -0.2) is 9.55 Å². The van der Waals surface area contributed by atoms with Crippen LogP contribution in [0.5, 0.6) is 0 Å². The number of rotatable bonds is 0. The fourth-order valence-corrected chi connectivity index (χ4v) is 1.23. The largest absolute Gasteiger partial charge is 0.333 e. The van der Waals surface area contributed by atoms with Gasteiger partial charge in [0.15, 0.2) is 0 Å². The Kier molecular flexibility index (Phi) is 1.22. The Balaban J connectivity index is 2.92. The third-order valence-corrected chi connectivity index (χ3v) is 1.98. The van der Waals surface area contributed by atoms with Crippen LogP contribution in [0.3, 0.4) is 0 Å². The van der Waals surface area contributed by atoms with E-state index in [1.54, 1.807) is 0 Å². The van der Waals surface area contributed by atoms with E-state index in [2.05, 4.69) is 28.7 Å². The van der Waals surface area contributed by atoms with E-state index >= 15 is 0 Å². The Labute approximate surface area is 65.5 Å². The molecule has 0 saturated heterocycles. The Morgan fingerprint density at radius 1 is 1.55 bits per heavy atom. The van der Waals surface area contributed by atoms with Gasteiger partial charge in [-0.2, -0.15) is 0 Å². The van der Waals surface area contributed by atoms with Crippen molar-refractivity contribution in [3.05, 3.63) is 30.1 Å². The van der Waals surface area contributed by atoms with Crippen molar-refractivity contribution in [1.82, 2.24) is 9.55 Å². The molecule has 0 N–H and O–H groups in total. The fourth-order valence-electron chi connectivity index (χ4n) is 1.23. The summed E-state index contributed by atoms with van der Waals surface area (Å²) in [5, 5.41) is 1.18. The van der Waals surface area contributed by atoms with Crippen LogP contribution in [0, 0.1) is 13.1 Å². The second kappa shape index (κ2) is 2.09. The summed E-state index contributed by atoms with van der Waals surface area (Å²) in [5.41, 5.74) is 2.23. The van der Waals surface area contributed by atoms with Crippen LogP contribution in [0.2, 0.25) is 0 Å². The Morgan fingerprint density at radius 3 is 3.09 bits per heavy atom. The van der Waals surface area contributed by atoms with Crippen LogP contribution in [0.4, 0.5) is 0 Å². The molecule has 55 valence electrons. The van der Waals surface area contributed by atoms with Crippen LogP contribution in [0.1, 0.15) is 5.69 Å². The summed E-state index contributed by atoms with van der Waals surface area (Å²) in [5.74, 6) is 0. The average Bonchev–Trinajstić information content (AvgIpc) is 2.30. The molecule has 0 aromatic carbocycles. The van der Waals surface area contributed by atoms with Gasteiger partial charge in [0.2, 0.25) is 0 Å². The lowest BCUT2D eigenvalue weighted by molar-refractivity contribution is 0.901. The van der Waals surface area contributed by atoms with Crippen LogP contribution in [-0.2, 0) is 7.05 Å². The van der Waals surface area contributed by atoms with E-state index in [1.807, 2.05) is 19.2 Å². The summed E-state index contributed by atoms with van der Waals surface area (Å²) >= 11 is 0. The van der Waals surface area contributed by atoms with Gasteiger partial charge in [0.25, 0.3) is 0 Å². The molecule has 0 bridgehead atoms. The number of aryl methyl sites for hydroxylation is 2. The van der Waals surface area contributed by atoms with Gasteiger partial charge in [-0.1, -0.05) is 0 Å². The normalized spacial score (nSPS) is 10.7. The highest BCUT2D eigenvalue weighted by atomic mass is 15.0. The number of nitrogens with zero attached hydrogens (tertiary/aromatic N) is 2. The predicted molar refractivity (Wildman–Crippen MR) is 44.3 cm³/mol. The zero-order chi connectivity index (χ0) is 7.84. The van der Waals surface area contributed by atoms with Gasteiger partial charge in [-0.15, -0.1) is 0 Å². The number of pyridine rings is 1. The van der Waals surface area contributed by atoms with E-state index in [1.165, 1.54) is 11.1 Å². The number of hydrogen-bond acceptors (Lipinski definition) is 1. The van der Waals surface area contributed by atoms with Gasteiger partial charge < -0.3 is 4.57 Å². The smallest absolute Gasteiger partial charge is 0.140 e. The molecule has 2 heteroatoms. The summed E-state index contributed by atoms with van der Waals surface area (Å²) in [6, 6.07) is 5.98. The lowest BCUT2D eigenvalue weighted by atomic mass is 10.3. The lowest BCUT2D eigenvalue weighted by Crippen LogP contribution is -1.90. The highest BCUT2D eigenvalue weighted by molar-refractivity contribution is 5.76. The summed E-state index contributed by atoms with van der Waals surface area (Å²) in [6.07, 6.45) is 2.82. The first kappa shape index (κ1) is 6.40. The van der Waals surface area contributed by atoms with E-state index in [9.17, 15) is 0 Å². The van der Waals surface area contributed by atoms with E-state index in [0.29, 0.717) is 0 Å². The van der Waals surface area contributed by atoms with Gasteiger partial charge in [-0.25, -0.2) is 4.98 Å². The zero-order valence-corrected chi connectivity index (χ0v) is 6.63. The molecule has 0 amide bonds. The van der Waals surface area contributed by atoms with Gasteiger partial charge in [-0.3, -0.25) is 0 Å². The number of aromatic nitrogens is 2. The van der Waals surface area contributed by atoms with E-state index in [4.69, 9.17) is 0 Å². The van der Waals surface area contributed by atoms with Gasteiger partial charge >= 0.3 is 0 Å². The van der Waals surface area contributed by atoms with E-state index in [-0.39, 0.29) is 0 Å². The minimum Gasteiger partial charge on any atom is -0.333 e. The molecule has 2 aromatic rings. The van der Waals surface area contributed by atoms with E-state index in [0.717, 1.165) is 5.65 Å². The fraction of sp³-hybridized carbons (Fsp3) is 0.222. The van der Waals surface area contributed by atoms with Crippen LogP contribution in [0.25, 0.3) is 11.0 Å². The molecule has 0 fully saturated rings. The molecule has 2 nitrogen and oxygen atoms in total. The van der Waals surface area contributed by atoms with Crippen molar-refractivity contribution >= 4 is 11.0 Å². The summed E-state index contributed by atoms with van der Waals surface area (Å²) < 4.78 is 2.06. The number of hydrogen-bond donors (Lipinski definition) is 0. The SMILES string of the molecule is Cc1cc2cc[c]nc2n1C. The monoisotopic (exact) mass is 145 g/mol. The first-order valence-electron chi connectivity index (χ1n) is 3.58. The van der Waals surface area contributed by atoms with Crippen molar-refractivity contribution in [2.45, 2.75) is 6.92 Å². The molecule has 0 aliphatic rings. The summed E-state index contributed by atoms with van der Waals surface area (Å²) in [6.45, 7) is 2.07. The maximum Gasteiger partial charge on any atom is 0.140 e. The molecule has 2 aromatic heterocycles. The predicted octanol–water partition coefficient (Wildman–Crippen LogP) is 1.68. The van der Waals surface area contributed by atoms with Crippen molar-refractivity contribution in [2.24, 2.45) is 7.05 Å². The van der Waals surface area contributed by atoms with Crippen molar-refractivity contribution < 1.29 is 0 Å². The molecule has 2 heterocycles. The molecule has 0 aliphatic heterocycles. The van der Waals surface area contributed by atoms with Crippen LogP contribution >= 0.6 is 0 Å². The molecular formula is C9H9N2. The van der Waals surface area contributed by atoms with Crippen LogP contribution in [0.15, 0.2) is 18.2 Å². The molecule has 0 spiro atoms. The van der Waals surface area contributed by atoms with Gasteiger partial charge in [0.05, 0.1) is 6.20 Å². The first-order chi connectivity index (χ1) is 5.29. The maximum absolute atomic E-state index is 4.14. The summed E-state index contributed by atoms with van der Waals surface area (Å²) in [7, 11) is 2.01. The van der Waals surface area contributed by atoms with Gasteiger partial charge in [0, 0.05) is 18.1 Å². The topological polar surface area (TPSA) is 17.8 Å². The second-order valence-electron chi connectivity index (χ2n) is 2.70. The molecule has 1 radical (unpaired) electrons. The average molecular weight is 145 g/mol. The zero-order valence-electron chi connectivity index (χ0n) is 6.63. The highest BCUT2D eigenvalue weighted by Gasteiger charge is 2.00. The minimum absolute atomic E-state index is 1.00. The van der Waals surface area contributed by atoms with E-state index < -0.39 is 0 Å². The van der Waals surface area contributed by atoms with Crippen molar-refractivity contribution in [3.63, 3.8) is 0 Å². The third-order valence-electron chi connectivity index (χ3n) is 1.98. The third kappa shape index (κ3) is 0.827. The molecule has 0 saturated carbocycles. The van der Waals surface area contributed by atoms with Crippen molar-refractivity contribution in [2.75, 3.05) is 0 Å². The Hall–Kier alpha value is -1.31. The Bertz CT molecular complexity index is 387. The van der Waals surface area contributed by atoms with Crippen molar-refractivity contribution in [3.8, 4) is 0 Å². The minimum atomic E-state index is 1.00. The second-order valence-corrected chi connectivity index (χ2v) is 2.70. The quantitative estimate of drug-likeness (QED) is 0.551. The molecular weight excluding hydrogens is 136 g/mol. The van der Waals surface area contributed by atoms with Crippen molar-refractivity contribution in [1.29, 1.82) is 0 Å². The molecule has 0 aliphatic carbocycles. The maximum atomic E-state index is 4.14. The summed E-state index contributed by atoms with van der Waals surface area (Å²) in [4.78, 5) is 4.14. The molecule has 2 rings (SSSR count). The highest BCUT2D eigenvalue weighted by Crippen LogP contribution is 2.13. The molecule has 11 heavy (non-hydrogen) atoms. The standard InChI is InChI=1S/C9H9N2/c1-7-6-8-4-3-5-10-9(8)11(7)2/h3-4,6H,1-2H3. The van der Waals surface area contributed by atoms with Gasteiger partial charge in [-0.05, 0) is 25.1 Å². The van der Waals surface area contributed by atoms with Gasteiger partial charge in [0.1, 0.15) is 5.65 Å². The first-order valence-corrected chi connectivity index (χ1v) is 3.58.